The Balaban J connectivity index is 1.31. The minimum absolute atomic E-state index is 0.0154. The van der Waals surface area contributed by atoms with E-state index in [2.05, 4.69) is 50.6 Å². The molecule has 33 heavy (non-hydrogen) atoms. The largest absolute Gasteiger partial charge is 0.349 e. The fourth-order valence-corrected chi connectivity index (χ4v) is 5.12. The van der Waals surface area contributed by atoms with Crippen molar-refractivity contribution in [1.29, 1.82) is 0 Å². The Morgan fingerprint density at radius 1 is 0.879 bits per heavy atom. The van der Waals surface area contributed by atoms with Gasteiger partial charge in [-0.25, -0.2) is 0 Å². The molecular weight excluding hydrogens is 412 g/mol. The molecule has 2 amide bonds. The van der Waals surface area contributed by atoms with Gasteiger partial charge in [-0.3, -0.25) is 14.5 Å². The number of amides is 2. The second-order valence-corrected chi connectivity index (χ2v) is 8.96. The molecule has 2 aromatic carbocycles. The number of anilines is 1. The lowest BCUT2D eigenvalue weighted by molar-refractivity contribution is -0.117. The SMILES string of the molecule is O=C(CN1CCn2cccc2C1c1ccccc1)Nc1ccccc1C(=O)NC1CCCC1. The van der Waals surface area contributed by atoms with Crippen molar-refractivity contribution >= 4 is 17.5 Å². The first kappa shape index (κ1) is 21.5. The van der Waals surface area contributed by atoms with Gasteiger partial charge in [0.25, 0.3) is 5.91 Å². The van der Waals surface area contributed by atoms with Crippen LogP contribution in [0.5, 0.6) is 0 Å². The van der Waals surface area contributed by atoms with E-state index in [4.69, 9.17) is 0 Å². The summed E-state index contributed by atoms with van der Waals surface area (Å²) in [5.74, 6) is -0.229. The highest BCUT2D eigenvalue weighted by Crippen LogP contribution is 2.32. The van der Waals surface area contributed by atoms with Crippen LogP contribution in [0, 0.1) is 0 Å². The van der Waals surface area contributed by atoms with Gasteiger partial charge in [-0.2, -0.15) is 0 Å². The lowest BCUT2D eigenvalue weighted by Gasteiger charge is -2.36. The molecule has 1 saturated carbocycles. The minimum atomic E-state index is -0.115. The van der Waals surface area contributed by atoms with E-state index < -0.39 is 0 Å². The molecule has 2 aliphatic rings. The van der Waals surface area contributed by atoms with Crippen LogP contribution >= 0.6 is 0 Å². The van der Waals surface area contributed by atoms with Gasteiger partial charge in [0.2, 0.25) is 5.91 Å². The van der Waals surface area contributed by atoms with Crippen molar-refractivity contribution in [3.63, 3.8) is 0 Å². The van der Waals surface area contributed by atoms with Gasteiger partial charge in [-0.05, 0) is 42.7 Å². The first-order valence-corrected chi connectivity index (χ1v) is 11.8. The molecule has 3 aromatic rings. The fourth-order valence-electron chi connectivity index (χ4n) is 5.12. The van der Waals surface area contributed by atoms with Gasteiger partial charge in [0.05, 0.1) is 23.8 Å². The fraction of sp³-hybridized carbons (Fsp3) is 0.333. The summed E-state index contributed by atoms with van der Waals surface area (Å²) >= 11 is 0. The Hall–Kier alpha value is -3.38. The standard InChI is InChI=1S/C27H30N4O2/c32-25(29-23-14-7-6-13-22(23)27(33)28-21-11-4-5-12-21)19-31-18-17-30-16-8-15-24(30)26(31)20-9-2-1-3-10-20/h1-3,6-10,13-16,21,26H,4-5,11-12,17-19H2,(H,28,33)(H,29,32). The molecule has 1 aliphatic heterocycles. The zero-order chi connectivity index (χ0) is 22.6. The second kappa shape index (κ2) is 9.63. The molecule has 1 fully saturated rings. The van der Waals surface area contributed by atoms with E-state index in [9.17, 15) is 9.59 Å². The molecule has 1 aromatic heterocycles. The third-order valence-electron chi connectivity index (χ3n) is 6.74. The van der Waals surface area contributed by atoms with Crippen molar-refractivity contribution in [2.45, 2.75) is 44.3 Å². The van der Waals surface area contributed by atoms with Gasteiger partial charge < -0.3 is 15.2 Å². The summed E-state index contributed by atoms with van der Waals surface area (Å²) in [5, 5.41) is 6.13. The molecule has 0 spiro atoms. The molecule has 1 atom stereocenters. The molecule has 5 rings (SSSR count). The van der Waals surface area contributed by atoms with E-state index in [-0.39, 0.29) is 30.4 Å². The number of hydrogen-bond donors (Lipinski definition) is 2. The summed E-state index contributed by atoms with van der Waals surface area (Å²) in [5.41, 5.74) is 3.44. The number of aromatic nitrogens is 1. The summed E-state index contributed by atoms with van der Waals surface area (Å²) < 4.78 is 2.26. The van der Waals surface area contributed by atoms with Crippen LogP contribution in [0.1, 0.15) is 53.3 Å². The van der Waals surface area contributed by atoms with Crippen molar-refractivity contribution < 1.29 is 9.59 Å². The molecule has 6 heteroatoms. The van der Waals surface area contributed by atoms with E-state index in [1.54, 1.807) is 12.1 Å². The molecule has 0 bridgehead atoms. The van der Waals surface area contributed by atoms with Gasteiger partial charge in [0.1, 0.15) is 0 Å². The number of fused-ring (bicyclic) bond motifs is 1. The second-order valence-electron chi connectivity index (χ2n) is 8.96. The predicted molar refractivity (Wildman–Crippen MR) is 129 cm³/mol. The van der Waals surface area contributed by atoms with Gasteiger partial charge in [0, 0.05) is 31.0 Å². The summed E-state index contributed by atoms with van der Waals surface area (Å²) in [6.45, 7) is 1.88. The number of carbonyl (C=O) groups excluding carboxylic acids is 2. The Morgan fingerprint density at radius 3 is 2.45 bits per heavy atom. The van der Waals surface area contributed by atoms with Crippen LogP contribution in [0.2, 0.25) is 0 Å². The normalized spacial score (nSPS) is 18.6. The van der Waals surface area contributed by atoms with Crippen molar-refractivity contribution in [3.05, 3.63) is 89.7 Å². The van der Waals surface area contributed by atoms with Crippen LogP contribution in [0.3, 0.4) is 0 Å². The van der Waals surface area contributed by atoms with Crippen LogP contribution in [0.25, 0.3) is 0 Å². The first-order chi connectivity index (χ1) is 16.2. The van der Waals surface area contributed by atoms with Gasteiger partial charge in [0.15, 0.2) is 0 Å². The third kappa shape index (κ3) is 4.71. The number of nitrogens with one attached hydrogen (secondary N) is 2. The maximum Gasteiger partial charge on any atom is 0.253 e. The zero-order valence-electron chi connectivity index (χ0n) is 18.7. The van der Waals surface area contributed by atoms with Gasteiger partial charge in [-0.1, -0.05) is 55.3 Å². The van der Waals surface area contributed by atoms with Gasteiger partial charge >= 0.3 is 0 Å². The minimum Gasteiger partial charge on any atom is -0.349 e. The van der Waals surface area contributed by atoms with E-state index in [0.717, 1.165) is 38.8 Å². The molecule has 2 heterocycles. The van der Waals surface area contributed by atoms with E-state index >= 15 is 0 Å². The molecule has 1 unspecified atom stereocenters. The highest BCUT2D eigenvalue weighted by atomic mass is 16.2. The molecule has 2 N–H and O–H groups in total. The van der Waals surface area contributed by atoms with Crippen molar-refractivity contribution in [2.75, 3.05) is 18.4 Å². The highest BCUT2D eigenvalue weighted by Gasteiger charge is 2.30. The smallest absolute Gasteiger partial charge is 0.253 e. The molecule has 1 aliphatic carbocycles. The average molecular weight is 443 g/mol. The first-order valence-electron chi connectivity index (χ1n) is 11.8. The van der Waals surface area contributed by atoms with E-state index in [1.807, 2.05) is 30.3 Å². The quantitative estimate of drug-likeness (QED) is 0.601. The topological polar surface area (TPSA) is 66.4 Å². The van der Waals surface area contributed by atoms with Crippen LogP contribution in [0.15, 0.2) is 72.9 Å². The van der Waals surface area contributed by atoms with Crippen LogP contribution in [-0.2, 0) is 11.3 Å². The van der Waals surface area contributed by atoms with Crippen LogP contribution in [0.4, 0.5) is 5.69 Å². The lowest BCUT2D eigenvalue weighted by atomic mass is 10.00. The number of hydrogen-bond acceptors (Lipinski definition) is 3. The maximum absolute atomic E-state index is 13.1. The zero-order valence-corrected chi connectivity index (χ0v) is 18.7. The Kier molecular flexibility index (Phi) is 6.26. The third-order valence-corrected chi connectivity index (χ3v) is 6.74. The average Bonchev–Trinajstić information content (AvgIpc) is 3.52. The summed E-state index contributed by atoms with van der Waals surface area (Å²) in [6, 6.07) is 22.0. The number of para-hydroxylation sites is 1. The number of carbonyl (C=O) groups is 2. The Bertz CT molecular complexity index is 1120. The Morgan fingerprint density at radius 2 is 1.64 bits per heavy atom. The molecule has 0 saturated heterocycles. The summed E-state index contributed by atoms with van der Waals surface area (Å²) in [6.07, 6.45) is 6.47. The maximum atomic E-state index is 13.1. The van der Waals surface area contributed by atoms with Crippen LogP contribution < -0.4 is 10.6 Å². The number of nitrogens with zero attached hydrogens (tertiary/aromatic N) is 2. The summed E-state index contributed by atoms with van der Waals surface area (Å²) in [7, 11) is 0. The molecule has 170 valence electrons. The van der Waals surface area contributed by atoms with Crippen LogP contribution in [-0.4, -0.2) is 40.4 Å². The van der Waals surface area contributed by atoms with Crippen molar-refractivity contribution in [3.8, 4) is 0 Å². The number of rotatable bonds is 6. The predicted octanol–water partition coefficient (Wildman–Crippen LogP) is 4.20. The monoisotopic (exact) mass is 442 g/mol. The van der Waals surface area contributed by atoms with E-state index in [0.29, 0.717) is 11.3 Å². The summed E-state index contributed by atoms with van der Waals surface area (Å²) in [4.78, 5) is 28.2. The van der Waals surface area contributed by atoms with Crippen molar-refractivity contribution in [2.24, 2.45) is 0 Å². The van der Waals surface area contributed by atoms with E-state index in [1.165, 1.54) is 11.3 Å². The van der Waals surface area contributed by atoms with Gasteiger partial charge in [-0.15, -0.1) is 0 Å². The Labute approximate surface area is 194 Å². The molecular formula is C27H30N4O2. The highest BCUT2D eigenvalue weighted by molar-refractivity contribution is 6.04. The molecule has 6 nitrogen and oxygen atoms in total. The number of benzene rings is 2. The van der Waals surface area contributed by atoms with Crippen molar-refractivity contribution in [1.82, 2.24) is 14.8 Å². The lowest BCUT2D eigenvalue weighted by Crippen LogP contribution is -2.42. The molecule has 0 radical (unpaired) electrons.